The molecule has 2 amide bonds. The van der Waals surface area contributed by atoms with Gasteiger partial charge in [-0.3, -0.25) is 9.59 Å². The molecule has 0 saturated carbocycles. The minimum Gasteiger partial charge on any atom is -0.481 e. The number of carbonyl (C=O) groups is 2. The van der Waals surface area contributed by atoms with Gasteiger partial charge in [0.1, 0.15) is 5.75 Å². The molecule has 2 rings (SSSR count). The molecule has 2 aromatic carbocycles. The maximum Gasteiger partial charge on any atom is 0.265 e. The molecule has 0 saturated heterocycles. The van der Waals surface area contributed by atoms with E-state index < -0.39 is 6.10 Å². The Hall–Kier alpha value is -2.86. The van der Waals surface area contributed by atoms with E-state index in [0.717, 1.165) is 5.56 Å². The first-order chi connectivity index (χ1) is 13.5. The van der Waals surface area contributed by atoms with Crippen LogP contribution in [0.1, 0.15) is 34.8 Å². The average molecular weight is 384 g/mol. The number of hydrogen-bond acceptors (Lipinski definition) is 4. The number of anilines is 1. The Morgan fingerprint density at radius 3 is 2.50 bits per heavy atom. The molecule has 0 fully saturated rings. The highest BCUT2D eigenvalue weighted by molar-refractivity contribution is 6.04. The number of nitrogens with one attached hydrogen (secondary N) is 2. The van der Waals surface area contributed by atoms with Gasteiger partial charge < -0.3 is 20.1 Å². The van der Waals surface area contributed by atoms with Gasteiger partial charge in [0.15, 0.2) is 6.10 Å². The Bertz CT molecular complexity index is 820. The summed E-state index contributed by atoms with van der Waals surface area (Å²) in [4.78, 5) is 25.1. The van der Waals surface area contributed by atoms with Gasteiger partial charge >= 0.3 is 0 Å². The molecule has 0 bridgehead atoms. The minimum absolute atomic E-state index is 0.268. The molecule has 0 aliphatic heterocycles. The summed E-state index contributed by atoms with van der Waals surface area (Å²) in [6.45, 7) is 6.72. The number of methoxy groups -OCH3 is 1. The molecule has 150 valence electrons. The minimum atomic E-state index is -0.660. The summed E-state index contributed by atoms with van der Waals surface area (Å²) >= 11 is 0. The number of ether oxygens (including phenoxy) is 2. The van der Waals surface area contributed by atoms with Crippen LogP contribution in [0, 0.1) is 13.8 Å². The Labute approximate surface area is 166 Å². The van der Waals surface area contributed by atoms with Gasteiger partial charge in [-0.15, -0.1) is 0 Å². The predicted octanol–water partition coefficient (Wildman–Crippen LogP) is 3.48. The van der Waals surface area contributed by atoms with Gasteiger partial charge in [0, 0.05) is 13.7 Å². The lowest BCUT2D eigenvalue weighted by Gasteiger charge is -2.19. The first kappa shape index (κ1) is 21.4. The Morgan fingerprint density at radius 1 is 1.07 bits per heavy atom. The third kappa shape index (κ3) is 5.82. The van der Waals surface area contributed by atoms with E-state index in [9.17, 15) is 9.59 Å². The van der Waals surface area contributed by atoms with Gasteiger partial charge in [0.2, 0.25) is 0 Å². The van der Waals surface area contributed by atoms with Gasteiger partial charge in [0.25, 0.3) is 11.8 Å². The SMILES string of the molecule is CC[C@@H](Oc1ccc(C)c(C)c1)C(=O)Nc1ccccc1C(=O)NCCOC. The quantitative estimate of drug-likeness (QED) is 0.649. The van der Waals surface area contributed by atoms with Crippen LogP contribution in [0.2, 0.25) is 0 Å². The molecule has 0 heterocycles. The lowest BCUT2D eigenvalue weighted by molar-refractivity contribution is -0.122. The molecule has 0 aliphatic carbocycles. The van der Waals surface area contributed by atoms with Crippen molar-refractivity contribution in [3.8, 4) is 5.75 Å². The maximum absolute atomic E-state index is 12.7. The lowest BCUT2D eigenvalue weighted by atomic mass is 10.1. The third-order valence-electron chi connectivity index (χ3n) is 4.44. The van der Waals surface area contributed by atoms with Gasteiger partial charge in [-0.25, -0.2) is 0 Å². The number of aryl methyl sites for hydroxylation is 2. The van der Waals surface area contributed by atoms with E-state index in [1.54, 1.807) is 31.4 Å². The lowest BCUT2D eigenvalue weighted by Crippen LogP contribution is -2.34. The summed E-state index contributed by atoms with van der Waals surface area (Å²) in [7, 11) is 1.57. The zero-order valence-electron chi connectivity index (χ0n) is 16.9. The highest BCUT2D eigenvalue weighted by atomic mass is 16.5. The predicted molar refractivity (Wildman–Crippen MR) is 110 cm³/mol. The van der Waals surface area contributed by atoms with E-state index in [0.29, 0.717) is 36.6 Å². The van der Waals surface area contributed by atoms with Crippen LogP contribution in [-0.4, -0.2) is 38.2 Å². The number of rotatable bonds is 9. The number of para-hydroxylation sites is 1. The summed E-state index contributed by atoms with van der Waals surface area (Å²) < 4.78 is 10.8. The molecular formula is C22H28N2O4. The summed E-state index contributed by atoms with van der Waals surface area (Å²) in [5.74, 6) is 0.0876. The molecule has 0 radical (unpaired) electrons. The second-order valence-electron chi connectivity index (χ2n) is 6.54. The fourth-order valence-electron chi connectivity index (χ4n) is 2.64. The monoisotopic (exact) mass is 384 g/mol. The molecule has 6 nitrogen and oxygen atoms in total. The zero-order chi connectivity index (χ0) is 20.5. The average Bonchev–Trinajstić information content (AvgIpc) is 2.69. The van der Waals surface area contributed by atoms with Crippen LogP contribution in [0.3, 0.4) is 0 Å². The number of carbonyl (C=O) groups excluding carboxylic acids is 2. The van der Waals surface area contributed by atoms with Crippen molar-refractivity contribution in [2.45, 2.75) is 33.3 Å². The van der Waals surface area contributed by atoms with Crippen molar-refractivity contribution in [3.05, 3.63) is 59.2 Å². The van der Waals surface area contributed by atoms with E-state index in [-0.39, 0.29) is 11.8 Å². The van der Waals surface area contributed by atoms with Crippen molar-refractivity contribution in [2.75, 3.05) is 25.6 Å². The molecule has 0 unspecified atom stereocenters. The van der Waals surface area contributed by atoms with Crippen LogP contribution in [0.15, 0.2) is 42.5 Å². The fourth-order valence-corrected chi connectivity index (χ4v) is 2.64. The van der Waals surface area contributed by atoms with Crippen LogP contribution in [-0.2, 0) is 9.53 Å². The van der Waals surface area contributed by atoms with Crippen molar-refractivity contribution in [3.63, 3.8) is 0 Å². The van der Waals surface area contributed by atoms with Crippen molar-refractivity contribution in [1.29, 1.82) is 0 Å². The van der Waals surface area contributed by atoms with Crippen molar-refractivity contribution in [1.82, 2.24) is 5.32 Å². The molecule has 6 heteroatoms. The second-order valence-corrected chi connectivity index (χ2v) is 6.54. The smallest absolute Gasteiger partial charge is 0.265 e. The highest BCUT2D eigenvalue weighted by Gasteiger charge is 2.21. The van der Waals surface area contributed by atoms with Crippen LogP contribution in [0.5, 0.6) is 5.75 Å². The molecule has 0 aromatic heterocycles. The van der Waals surface area contributed by atoms with E-state index in [4.69, 9.17) is 9.47 Å². The summed E-state index contributed by atoms with van der Waals surface area (Å²) in [6, 6.07) is 12.6. The molecule has 0 spiro atoms. The zero-order valence-corrected chi connectivity index (χ0v) is 16.9. The van der Waals surface area contributed by atoms with Gasteiger partial charge in [-0.05, 0) is 55.7 Å². The molecular weight excluding hydrogens is 356 g/mol. The standard InChI is InChI=1S/C22H28N2O4/c1-5-20(28-17-11-10-15(2)16(3)14-17)22(26)24-19-9-7-6-8-18(19)21(25)23-12-13-27-4/h6-11,14,20H,5,12-13H2,1-4H3,(H,23,25)(H,24,26)/t20-/m1/s1. The number of hydrogen-bond donors (Lipinski definition) is 2. The van der Waals surface area contributed by atoms with E-state index >= 15 is 0 Å². The summed E-state index contributed by atoms with van der Waals surface area (Å²) in [5, 5.41) is 5.58. The van der Waals surface area contributed by atoms with E-state index in [1.807, 2.05) is 39.0 Å². The first-order valence-electron chi connectivity index (χ1n) is 9.37. The van der Waals surface area contributed by atoms with Crippen molar-refractivity contribution < 1.29 is 19.1 Å². The van der Waals surface area contributed by atoms with Gasteiger partial charge in [0.05, 0.1) is 17.9 Å². The van der Waals surface area contributed by atoms with Crippen LogP contribution >= 0.6 is 0 Å². The largest absolute Gasteiger partial charge is 0.481 e. The Balaban J connectivity index is 2.09. The van der Waals surface area contributed by atoms with Gasteiger partial charge in [-0.2, -0.15) is 0 Å². The second kappa shape index (κ2) is 10.5. The Kier molecular flexibility index (Phi) is 8.02. The Morgan fingerprint density at radius 2 is 1.82 bits per heavy atom. The van der Waals surface area contributed by atoms with Crippen molar-refractivity contribution >= 4 is 17.5 Å². The fraction of sp³-hybridized carbons (Fsp3) is 0.364. The van der Waals surface area contributed by atoms with Gasteiger partial charge in [-0.1, -0.05) is 25.1 Å². The number of amides is 2. The highest BCUT2D eigenvalue weighted by Crippen LogP contribution is 2.20. The summed E-state index contributed by atoms with van der Waals surface area (Å²) in [6.07, 6.45) is -0.159. The summed E-state index contributed by atoms with van der Waals surface area (Å²) in [5.41, 5.74) is 3.11. The molecule has 2 N–H and O–H groups in total. The molecule has 0 aliphatic rings. The number of benzene rings is 2. The van der Waals surface area contributed by atoms with E-state index in [1.165, 1.54) is 5.56 Å². The normalized spacial score (nSPS) is 11.6. The molecule has 1 atom stereocenters. The molecule has 2 aromatic rings. The van der Waals surface area contributed by atoms with Crippen LogP contribution in [0.4, 0.5) is 5.69 Å². The first-order valence-corrected chi connectivity index (χ1v) is 9.37. The molecule has 28 heavy (non-hydrogen) atoms. The topological polar surface area (TPSA) is 76.7 Å². The van der Waals surface area contributed by atoms with E-state index in [2.05, 4.69) is 10.6 Å². The third-order valence-corrected chi connectivity index (χ3v) is 4.44. The van der Waals surface area contributed by atoms with Crippen molar-refractivity contribution in [2.24, 2.45) is 0 Å². The van der Waals surface area contributed by atoms with Crippen LogP contribution in [0.25, 0.3) is 0 Å². The van der Waals surface area contributed by atoms with Crippen LogP contribution < -0.4 is 15.4 Å². The maximum atomic E-state index is 12.7.